The smallest absolute Gasteiger partial charge is 0.229 e. The number of nitrogens with one attached hydrogen (secondary N) is 1. The Bertz CT molecular complexity index is 2090. The van der Waals surface area contributed by atoms with E-state index in [2.05, 4.69) is 45.5 Å². The number of phenolic OH excluding ortho intramolecular Hbond substituents is 1. The minimum Gasteiger partial charge on any atom is -0.508 e. The highest BCUT2D eigenvalue weighted by atomic mass is 19.1. The summed E-state index contributed by atoms with van der Waals surface area (Å²) in [5, 5.41) is 12.7. The Labute approximate surface area is 341 Å². The van der Waals surface area contributed by atoms with Crippen LogP contribution < -0.4 is 20.7 Å². The number of phenols is 1. The molecule has 4 fully saturated rings. The molecule has 3 unspecified atom stereocenters. The van der Waals surface area contributed by atoms with Gasteiger partial charge in [0.25, 0.3) is 0 Å². The van der Waals surface area contributed by atoms with E-state index >= 15 is 4.39 Å². The molecule has 2 amide bonds. The standard InChI is InChI=1S/C48H57FN4O5/c1-57-42-26-41(40(49)25-38(42)44-36(32-6-3-2-4-7-32)13-10-34-24-35(54)12-14-37(34)44)53-22-16-47(17-23-53)27-31(28-47)29-52-20-18-48(19-21-52)30-58-45(50)39(48)9-5-8-33-11-15-43(55)51-46(33)56/h2-7,9,12,14,24-26,31,33,36,44,54H,8,10-11,13,15-23,27-30,50H2,1H3,(H,51,55,56)/b9-5-. The van der Waals surface area contributed by atoms with Gasteiger partial charge in [0.15, 0.2) is 5.88 Å². The summed E-state index contributed by atoms with van der Waals surface area (Å²) in [5.74, 6) is 1.49. The highest BCUT2D eigenvalue weighted by Gasteiger charge is 2.48. The van der Waals surface area contributed by atoms with Crippen molar-refractivity contribution >= 4 is 17.5 Å². The largest absolute Gasteiger partial charge is 0.508 e. The number of piperidine rings is 3. The van der Waals surface area contributed by atoms with Crippen LogP contribution in [0.2, 0.25) is 0 Å². The molecular formula is C48H57FN4O5. The zero-order valence-electron chi connectivity index (χ0n) is 33.7. The highest BCUT2D eigenvalue weighted by molar-refractivity contribution is 5.98. The molecule has 0 radical (unpaired) electrons. The van der Waals surface area contributed by atoms with E-state index in [1.165, 1.54) is 18.4 Å². The highest BCUT2D eigenvalue weighted by Crippen LogP contribution is 2.55. The number of nitrogens with two attached hydrogens (primary N) is 1. The Morgan fingerprint density at radius 3 is 2.48 bits per heavy atom. The van der Waals surface area contributed by atoms with E-state index in [9.17, 15) is 14.7 Å². The molecule has 306 valence electrons. The molecule has 6 aliphatic rings. The summed E-state index contributed by atoms with van der Waals surface area (Å²) in [5.41, 5.74) is 12.6. The van der Waals surface area contributed by atoms with Gasteiger partial charge in [-0.25, -0.2) is 4.39 Å². The molecule has 4 aliphatic heterocycles. The lowest BCUT2D eigenvalue weighted by Gasteiger charge is -2.54. The molecule has 4 N–H and O–H groups in total. The Balaban J connectivity index is 0.802. The van der Waals surface area contributed by atoms with Crippen LogP contribution in [-0.4, -0.2) is 68.3 Å². The SMILES string of the molecule is COc1cc(N2CCC3(CC2)CC(CN2CCC4(CC2)COC(N)=C4/C=C\CC2CCC(=O)NC2=O)C3)c(F)cc1C1c2ccc(O)cc2CCC1c1ccccc1. The predicted molar refractivity (Wildman–Crippen MR) is 222 cm³/mol. The van der Waals surface area contributed by atoms with Crippen molar-refractivity contribution in [2.24, 2.45) is 28.4 Å². The van der Waals surface area contributed by atoms with E-state index in [4.69, 9.17) is 15.2 Å². The molecule has 58 heavy (non-hydrogen) atoms. The molecule has 3 atom stereocenters. The number of carbonyl (C=O) groups is 2. The van der Waals surface area contributed by atoms with Crippen molar-refractivity contribution in [2.45, 2.75) is 82.5 Å². The number of hydrogen-bond donors (Lipinski definition) is 3. The number of benzene rings is 3. The van der Waals surface area contributed by atoms with E-state index in [0.29, 0.717) is 54.5 Å². The first-order valence-electron chi connectivity index (χ1n) is 21.5. The molecule has 3 saturated heterocycles. The first kappa shape index (κ1) is 38.7. The van der Waals surface area contributed by atoms with Crippen molar-refractivity contribution in [1.82, 2.24) is 10.2 Å². The maximum Gasteiger partial charge on any atom is 0.229 e. The summed E-state index contributed by atoms with van der Waals surface area (Å²) >= 11 is 0. The second kappa shape index (κ2) is 15.7. The molecule has 2 aliphatic carbocycles. The number of imide groups is 1. The first-order chi connectivity index (χ1) is 28.1. The molecule has 4 heterocycles. The van der Waals surface area contributed by atoms with Crippen molar-refractivity contribution in [3.63, 3.8) is 0 Å². The number of nitrogens with zero attached hydrogens (tertiary/aromatic N) is 2. The van der Waals surface area contributed by atoms with E-state index in [-0.39, 0.29) is 46.5 Å². The third kappa shape index (κ3) is 7.37. The zero-order chi connectivity index (χ0) is 40.0. The lowest BCUT2D eigenvalue weighted by molar-refractivity contribution is -0.136. The van der Waals surface area contributed by atoms with E-state index in [0.717, 1.165) is 93.5 Å². The van der Waals surface area contributed by atoms with Crippen LogP contribution in [0.1, 0.15) is 98.3 Å². The number of ether oxygens (including phenoxy) is 2. The lowest BCUT2D eigenvalue weighted by Crippen LogP contribution is -2.51. The second-order valence-corrected chi connectivity index (χ2v) is 18.2. The number of carbonyl (C=O) groups excluding carboxylic acids is 2. The van der Waals surface area contributed by atoms with Crippen LogP contribution >= 0.6 is 0 Å². The fourth-order valence-electron chi connectivity index (χ4n) is 11.5. The molecule has 10 heteroatoms. The molecular weight excluding hydrogens is 732 g/mol. The number of methoxy groups -OCH3 is 1. The van der Waals surface area contributed by atoms with Crippen molar-refractivity contribution in [3.05, 3.63) is 112 Å². The molecule has 3 aromatic rings. The van der Waals surface area contributed by atoms with Gasteiger partial charge in [-0.15, -0.1) is 0 Å². The molecule has 1 saturated carbocycles. The van der Waals surface area contributed by atoms with Gasteiger partial charge in [0.1, 0.15) is 17.3 Å². The van der Waals surface area contributed by atoms with Gasteiger partial charge >= 0.3 is 0 Å². The van der Waals surface area contributed by atoms with Gasteiger partial charge in [0.05, 0.1) is 19.4 Å². The number of aromatic hydroxyl groups is 1. The quantitative estimate of drug-likeness (QED) is 0.189. The van der Waals surface area contributed by atoms with Crippen LogP contribution in [0.25, 0.3) is 0 Å². The van der Waals surface area contributed by atoms with Crippen molar-refractivity contribution in [1.29, 1.82) is 0 Å². The number of fused-ring (bicyclic) bond motifs is 1. The van der Waals surface area contributed by atoms with Gasteiger partial charge in [-0.3, -0.25) is 14.9 Å². The number of allylic oxidation sites excluding steroid dienone is 2. The monoisotopic (exact) mass is 788 g/mol. The summed E-state index contributed by atoms with van der Waals surface area (Å²) in [6.45, 7) is 5.42. The maximum atomic E-state index is 16.4. The average molecular weight is 789 g/mol. The lowest BCUT2D eigenvalue weighted by atomic mass is 9.57. The van der Waals surface area contributed by atoms with E-state index in [1.807, 2.05) is 30.3 Å². The second-order valence-electron chi connectivity index (χ2n) is 18.2. The third-order valence-electron chi connectivity index (χ3n) is 14.8. The van der Waals surface area contributed by atoms with Crippen LogP contribution in [0.3, 0.4) is 0 Å². The number of halogens is 1. The summed E-state index contributed by atoms with van der Waals surface area (Å²) in [6.07, 6.45) is 14.0. The zero-order valence-corrected chi connectivity index (χ0v) is 33.7. The van der Waals surface area contributed by atoms with Gasteiger partial charge in [0, 0.05) is 60.5 Å². The number of hydrogen-bond acceptors (Lipinski definition) is 8. The van der Waals surface area contributed by atoms with Gasteiger partial charge in [-0.2, -0.15) is 0 Å². The molecule has 3 aromatic carbocycles. The minimum atomic E-state index is -0.198. The molecule has 0 aromatic heterocycles. The van der Waals surface area contributed by atoms with Crippen LogP contribution in [0.5, 0.6) is 11.5 Å². The molecule has 0 bridgehead atoms. The molecule has 9 nitrogen and oxygen atoms in total. The predicted octanol–water partition coefficient (Wildman–Crippen LogP) is 7.68. The van der Waals surface area contributed by atoms with Gasteiger partial charge in [0.2, 0.25) is 11.8 Å². The fraction of sp³-hybridized carbons (Fsp3) is 0.500. The van der Waals surface area contributed by atoms with Crippen molar-refractivity contribution in [2.75, 3.05) is 51.3 Å². The summed E-state index contributed by atoms with van der Waals surface area (Å²) < 4.78 is 28.4. The number of likely N-dealkylation sites (tertiary alicyclic amines) is 1. The van der Waals surface area contributed by atoms with Crippen molar-refractivity contribution < 1.29 is 28.6 Å². The Kier molecular flexibility index (Phi) is 10.5. The third-order valence-corrected chi connectivity index (χ3v) is 14.8. The summed E-state index contributed by atoms with van der Waals surface area (Å²) in [4.78, 5) is 28.6. The molecule has 9 rings (SSSR count). The number of rotatable bonds is 9. The molecule has 2 spiro atoms. The average Bonchev–Trinajstić information content (AvgIpc) is 3.52. The van der Waals surface area contributed by atoms with Crippen LogP contribution in [0, 0.1) is 28.5 Å². The van der Waals surface area contributed by atoms with Crippen LogP contribution in [0.4, 0.5) is 10.1 Å². The van der Waals surface area contributed by atoms with Gasteiger partial charge in [-0.05, 0) is 129 Å². The van der Waals surface area contributed by atoms with E-state index in [1.54, 1.807) is 19.2 Å². The number of anilines is 1. The normalized spacial score (nSPS) is 25.8. The Hall–Kier alpha value is -4.83. The number of amides is 2. The van der Waals surface area contributed by atoms with Gasteiger partial charge in [-0.1, -0.05) is 48.6 Å². The summed E-state index contributed by atoms with van der Waals surface area (Å²) in [6, 6.07) is 19.8. The Morgan fingerprint density at radius 1 is 0.966 bits per heavy atom. The fourth-order valence-corrected chi connectivity index (χ4v) is 11.5. The van der Waals surface area contributed by atoms with Gasteiger partial charge < -0.3 is 30.1 Å². The van der Waals surface area contributed by atoms with Crippen molar-refractivity contribution in [3.8, 4) is 11.5 Å². The van der Waals surface area contributed by atoms with E-state index < -0.39 is 0 Å². The van der Waals surface area contributed by atoms with Crippen LogP contribution in [-0.2, 0) is 20.7 Å². The topological polar surface area (TPSA) is 117 Å². The first-order valence-corrected chi connectivity index (χ1v) is 21.5. The Morgan fingerprint density at radius 2 is 1.74 bits per heavy atom. The maximum absolute atomic E-state index is 16.4. The number of aryl methyl sites for hydroxylation is 1. The summed E-state index contributed by atoms with van der Waals surface area (Å²) in [7, 11) is 1.69. The van der Waals surface area contributed by atoms with Crippen LogP contribution in [0.15, 0.2) is 84.3 Å². The minimum absolute atomic E-state index is 0.0832.